The fourth-order valence-electron chi connectivity index (χ4n) is 3.11. The molecule has 1 fully saturated rings. The monoisotopic (exact) mass is 252 g/mol. The van der Waals surface area contributed by atoms with E-state index in [0.29, 0.717) is 11.8 Å². The molecule has 0 amide bonds. The van der Waals surface area contributed by atoms with Crippen LogP contribution in [0.25, 0.3) is 0 Å². The molecule has 0 spiro atoms. The number of hydrogen-bond donors (Lipinski definition) is 2. The highest BCUT2D eigenvalue weighted by Crippen LogP contribution is 2.36. The highest BCUT2D eigenvalue weighted by molar-refractivity contribution is 4.83. The molecule has 17 heavy (non-hydrogen) atoms. The summed E-state index contributed by atoms with van der Waals surface area (Å²) in [4.78, 5) is 0. The van der Waals surface area contributed by atoms with Crippen LogP contribution in [0.3, 0.4) is 0 Å². The molecule has 1 aliphatic rings. The normalized spacial score (nSPS) is 32.5. The summed E-state index contributed by atoms with van der Waals surface area (Å²) in [7, 11) is 0. The van der Waals surface area contributed by atoms with Crippen molar-refractivity contribution in [3.63, 3.8) is 0 Å². The molecular formula is C12H23F3N2. The predicted molar refractivity (Wildman–Crippen MR) is 62.1 cm³/mol. The fraction of sp³-hybridized carbons (Fsp3) is 1.00. The summed E-state index contributed by atoms with van der Waals surface area (Å²) in [5, 5.41) is 0. The van der Waals surface area contributed by atoms with E-state index in [4.69, 9.17) is 5.84 Å². The molecule has 0 aromatic heterocycles. The van der Waals surface area contributed by atoms with Gasteiger partial charge in [-0.2, -0.15) is 13.2 Å². The zero-order valence-electron chi connectivity index (χ0n) is 10.6. The molecule has 0 aromatic carbocycles. The molecule has 0 radical (unpaired) electrons. The average Bonchev–Trinajstić information content (AvgIpc) is 2.15. The summed E-state index contributed by atoms with van der Waals surface area (Å²) in [5.74, 6) is 6.86. The minimum absolute atomic E-state index is 0.0874. The Balaban J connectivity index is 2.48. The number of hydrazine groups is 1. The van der Waals surface area contributed by atoms with Gasteiger partial charge in [0.2, 0.25) is 0 Å². The third-order valence-electron chi connectivity index (χ3n) is 3.74. The zero-order valence-corrected chi connectivity index (χ0v) is 10.6. The highest BCUT2D eigenvalue weighted by atomic mass is 19.4. The first-order valence-corrected chi connectivity index (χ1v) is 6.34. The van der Waals surface area contributed by atoms with Crippen LogP contribution in [0.15, 0.2) is 0 Å². The van der Waals surface area contributed by atoms with Gasteiger partial charge in [-0.25, -0.2) is 0 Å². The van der Waals surface area contributed by atoms with Gasteiger partial charge in [-0.1, -0.05) is 13.8 Å². The van der Waals surface area contributed by atoms with Crippen LogP contribution in [0.2, 0.25) is 0 Å². The van der Waals surface area contributed by atoms with E-state index >= 15 is 0 Å². The maximum absolute atomic E-state index is 12.2. The van der Waals surface area contributed by atoms with E-state index in [-0.39, 0.29) is 18.4 Å². The van der Waals surface area contributed by atoms with Gasteiger partial charge in [0, 0.05) is 12.5 Å². The summed E-state index contributed by atoms with van der Waals surface area (Å²) in [6.45, 7) is 4.33. The molecule has 0 heterocycles. The molecule has 5 heteroatoms. The lowest BCUT2D eigenvalue weighted by molar-refractivity contribution is -0.137. The molecule has 0 bridgehead atoms. The van der Waals surface area contributed by atoms with Gasteiger partial charge in [0.05, 0.1) is 0 Å². The molecule has 0 saturated heterocycles. The maximum atomic E-state index is 12.2. The van der Waals surface area contributed by atoms with Gasteiger partial charge < -0.3 is 0 Å². The summed E-state index contributed by atoms with van der Waals surface area (Å²) in [6, 6.07) is -0.207. The first-order valence-electron chi connectivity index (χ1n) is 6.34. The largest absolute Gasteiger partial charge is 0.389 e. The van der Waals surface area contributed by atoms with Gasteiger partial charge in [0.1, 0.15) is 0 Å². The molecule has 2 nitrogen and oxygen atoms in total. The molecule has 1 saturated carbocycles. The van der Waals surface area contributed by atoms with E-state index in [1.54, 1.807) is 0 Å². The van der Waals surface area contributed by atoms with Crippen LogP contribution in [0.4, 0.5) is 13.2 Å². The topological polar surface area (TPSA) is 38.0 Å². The second-order valence-corrected chi connectivity index (χ2v) is 5.60. The van der Waals surface area contributed by atoms with Crippen LogP contribution in [-0.2, 0) is 0 Å². The number of nitrogens with two attached hydrogens (primary N) is 1. The zero-order chi connectivity index (χ0) is 13.1. The summed E-state index contributed by atoms with van der Waals surface area (Å²) in [5.41, 5.74) is 2.59. The number of alkyl halides is 3. The van der Waals surface area contributed by atoms with E-state index in [9.17, 15) is 13.2 Å². The van der Waals surface area contributed by atoms with Crippen molar-refractivity contribution in [3.8, 4) is 0 Å². The smallest absolute Gasteiger partial charge is 0.271 e. The van der Waals surface area contributed by atoms with Gasteiger partial charge in [-0.3, -0.25) is 11.3 Å². The number of hydrogen-bond acceptors (Lipinski definition) is 2. The lowest BCUT2D eigenvalue weighted by atomic mass is 9.73. The van der Waals surface area contributed by atoms with Crippen LogP contribution >= 0.6 is 0 Å². The molecule has 1 aliphatic carbocycles. The van der Waals surface area contributed by atoms with E-state index < -0.39 is 12.6 Å². The molecule has 1 rings (SSSR count). The Morgan fingerprint density at radius 1 is 1.18 bits per heavy atom. The Bertz CT molecular complexity index is 220. The molecule has 3 N–H and O–H groups in total. The third-order valence-corrected chi connectivity index (χ3v) is 3.74. The quantitative estimate of drug-likeness (QED) is 0.595. The lowest BCUT2D eigenvalue weighted by Crippen LogP contribution is -2.44. The summed E-state index contributed by atoms with van der Waals surface area (Å²) >= 11 is 0. The SMILES string of the molecule is CC1CC(C)CC(C(CCC(F)(F)F)NN)C1. The van der Waals surface area contributed by atoms with E-state index in [2.05, 4.69) is 19.3 Å². The fourth-order valence-corrected chi connectivity index (χ4v) is 3.11. The Morgan fingerprint density at radius 2 is 1.71 bits per heavy atom. The van der Waals surface area contributed by atoms with Crippen molar-refractivity contribution in [1.29, 1.82) is 0 Å². The Kier molecular flexibility index (Phi) is 5.25. The molecule has 0 aromatic rings. The van der Waals surface area contributed by atoms with Crippen LogP contribution in [0, 0.1) is 17.8 Å². The summed E-state index contributed by atoms with van der Waals surface area (Å²) < 4.78 is 36.6. The van der Waals surface area contributed by atoms with Gasteiger partial charge in [-0.05, 0) is 43.4 Å². The molecule has 102 valence electrons. The van der Waals surface area contributed by atoms with Crippen molar-refractivity contribution < 1.29 is 13.2 Å². The number of halogens is 3. The molecule has 3 unspecified atom stereocenters. The van der Waals surface area contributed by atoms with Crippen molar-refractivity contribution in [1.82, 2.24) is 5.43 Å². The van der Waals surface area contributed by atoms with Crippen molar-refractivity contribution in [3.05, 3.63) is 0 Å². The van der Waals surface area contributed by atoms with Crippen molar-refractivity contribution in [2.24, 2.45) is 23.6 Å². The number of rotatable bonds is 4. The lowest BCUT2D eigenvalue weighted by Gasteiger charge is -2.36. The standard InChI is InChI=1S/C12H23F3N2/c1-8-5-9(2)7-10(6-8)11(17-16)3-4-12(13,14)15/h8-11,17H,3-7,16H2,1-2H3. The van der Waals surface area contributed by atoms with Gasteiger partial charge in [-0.15, -0.1) is 0 Å². The first kappa shape index (κ1) is 14.8. The van der Waals surface area contributed by atoms with Gasteiger partial charge in [0.15, 0.2) is 0 Å². The van der Waals surface area contributed by atoms with E-state index in [1.807, 2.05) is 0 Å². The second-order valence-electron chi connectivity index (χ2n) is 5.60. The number of nitrogens with one attached hydrogen (secondary N) is 1. The molecular weight excluding hydrogens is 229 g/mol. The van der Waals surface area contributed by atoms with Crippen LogP contribution in [0.1, 0.15) is 46.0 Å². The Hall–Kier alpha value is -0.290. The van der Waals surface area contributed by atoms with Crippen molar-refractivity contribution in [2.75, 3.05) is 0 Å². The molecule has 0 aliphatic heterocycles. The van der Waals surface area contributed by atoms with Gasteiger partial charge >= 0.3 is 6.18 Å². The minimum atomic E-state index is -4.08. The van der Waals surface area contributed by atoms with Gasteiger partial charge in [0.25, 0.3) is 0 Å². The van der Waals surface area contributed by atoms with E-state index in [1.165, 1.54) is 6.42 Å². The van der Waals surface area contributed by atoms with Crippen LogP contribution in [0.5, 0.6) is 0 Å². The Morgan fingerprint density at radius 3 is 2.12 bits per heavy atom. The van der Waals surface area contributed by atoms with Crippen molar-refractivity contribution in [2.45, 2.75) is 58.2 Å². The van der Waals surface area contributed by atoms with Crippen LogP contribution in [-0.4, -0.2) is 12.2 Å². The highest BCUT2D eigenvalue weighted by Gasteiger charge is 2.33. The Labute approximate surface area is 101 Å². The third kappa shape index (κ3) is 5.25. The maximum Gasteiger partial charge on any atom is 0.389 e. The van der Waals surface area contributed by atoms with Crippen molar-refractivity contribution >= 4 is 0 Å². The van der Waals surface area contributed by atoms with E-state index in [0.717, 1.165) is 12.8 Å². The summed E-state index contributed by atoms with van der Waals surface area (Å²) in [6.07, 6.45) is -1.60. The second kappa shape index (κ2) is 6.05. The predicted octanol–water partition coefficient (Wildman–Crippen LogP) is 3.23. The minimum Gasteiger partial charge on any atom is -0.271 e. The first-order chi connectivity index (χ1) is 7.81. The average molecular weight is 252 g/mol. The van der Waals surface area contributed by atoms with Crippen LogP contribution < -0.4 is 11.3 Å². The molecule has 3 atom stereocenters.